The number of rotatable bonds is 6. The van der Waals surface area contributed by atoms with Gasteiger partial charge in [0.05, 0.1) is 13.2 Å². The van der Waals surface area contributed by atoms with Gasteiger partial charge in [0.1, 0.15) is 17.3 Å². The van der Waals surface area contributed by atoms with Crippen molar-refractivity contribution in [3.8, 4) is 5.75 Å². The molecule has 2 rings (SSSR count). The Labute approximate surface area is 128 Å². The van der Waals surface area contributed by atoms with Crippen molar-refractivity contribution in [2.24, 2.45) is 0 Å². The fraction of sp³-hybridized carbons (Fsp3) is 0.375. The smallest absolute Gasteiger partial charge is 0.122 e. The maximum atomic E-state index is 5.76. The van der Waals surface area contributed by atoms with Crippen molar-refractivity contribution in [2.75, 3.05) is 13.7 Å². The van der Waals surface area contributed by atoms with Crippen LogP contribution in [0.2, 0.25) is 0 Å². The van der Waals surface area contributed by atoms with Crippen LogP contribution in [0.1, 0.15) is 30.0 Å². The molecule has 0 aliphatic rings. The van der Waals surface area contributed by atoms with Gasteiger partial charge in [0.25, 0.3) is 0 Å². The third kappa shape index (κ3) is 3.64. The van der Waals surface area contributed by atoms with Crippen molar-refractivity contribution in [2.45, 2.75) is 26.3 Å². The number of ether oxygens (including phenoxy) is 1. The number of hydrogen-bond acceptors (Lipinski definition) is 3. The van der Waals surface area contributed by atoms with E-state index >= 15 is 0 Å². The molecule has 0 radical (unpaired) electrons. The highest BCUT2D eigenvalue weighted by Gasteiger charge is 2.17. The summed E-state index contributed by atoms with van der Waals surface area (Å²) in [5.74, 6) is 2.80. The molecule has 1 heterocycles. The van der Waals surface area contributed by atoms with Crippen LogP contribution in [-0.2, 0) is 6.42 Å². The molecule has 4 heteroatoms. The summed E-state index contributed by atoms with van der Waals surface area (Å²) in [5, 5.41) is 3.47. The largest absolute Gasteiger partial charge is 0.496 e. The van der Waals surface area contributed by atoms with E-state index in [9.17, 15) is 0 Å². The molecule has 0 fully saturated rings. The van der Waals surface area contributed by atoms with Crippen LogP contribution in [0, 0.1) is 6.92 Å². The third-order valence-electron chi connectivity index (χ3n) is 3.22. The number of furan rings is 1. The molecule has 0 aliphatic heterocycles. The van der Waals surface area contributed by atoms with E-state index in [1.54, 1.807) is 7.11 Å². The fourth-order valence-electron chi connectivity index (χ4n) is 2.29. The SMILES string of the molecule is CCNC(Cc1cc(Br)ccc1OC)c1ccc(C)o1. The van der Waals surface area contributed by atoms with Crippen LogP contribution in [0.25, 0.3) is 0 Å². The minimum absolute atomic E-state index is 0.150. The number of halogens is 1. The summed E-state index contributed by atoms with van der Waals surface area (Å²) in [6.45, 7) is 4.95. The lowest BCUT2D eigenvalue weighted by Crippen LogP contribution is -2.22. The highest BCUT2D eigenvalue weighted by Crippen LogP contribution is 2.28. The first kappa shape index (κ1) is 15.1. The lowest BCUT2D eigenvalue weighted by Gasteiger charge is -2.17. The minimum atomic E-state index is 0.150. The molecule has 0 saturated heterocycles. The van der Waals surface area contributed by atoms with Gasteiger partial charge in [-0.3, -0.25) is 0 Å². The Morgan fingerprint density at radius 3 is 2.70 bits per heavy atom. The fourth-order valence-corrected chi connectivity index (χ4v) is 2.70. The average Bonchev–Trinajstić information content (AvgIpc) is 2.85. The Morgan fingerprint density at radius 2 is 2.10 bits per heavy atom. The zero-order valence-corrected chi connectivity index (χ0v) is 13.7. The molecule has 0 amide bonds. The predicted molar refractivity (Wildman–Crippen MR) is 84.3 cm³/mol. The molecule has 1 atom stereocenters. The van der Waals surface area contributed by atoms with Gasteiger partial charge < -0.3 is 14.5 Å². The molecule has 0 bridgehead atoms. The molecule has 1 aromatic heterocycles. The van der Waals surface area contributed by atoms with Crippen LogP contribution in [0.4, 0.5) is 0 Å². The monoisotopic (exact) mass is 337 g/mol. The van der Waals surface area contributed by atoms with Crippen molar-refractivity contribution >= 4 is 15.9 Å². The number of benzene rings is 1. The van der Waals surface area contributed by atoms with E-state index in [0.717, 1.165) is 40.3 Å². The third-order valence-corrected chi connectivity index (χ3v) is 3.71. The van der Waals surface area contributed by atoms with Gasteiger partial charge in [-0.25, -0.2) is 0 Å². The van der Waals surface area contributed by atoms with Gasteiger partial charge in [0.2, 0.25) is 0 Å². The number of methoxy groups -OCH3 is 1. The van der Waals surface area contributed by atoms with Crippen molar-refractivity contribution in [3.63, 3.8) is 0 Å². The zero-order valence-electron chi connectivity index (χ0n) is 12.1. The Hall–Kier alpha value is -1.26. The molecule has 1 unspecified atom stereocenters. The summed E-state index contributed by atoms with van der Waals surface area (Å²) in [5.41, 5.74) is 1.15. The molecule has 3 nitrogen and oxygen atoms in total. The van der Waals surface area contributed by atoms with E-state index in [0.29, 0.717) is 0 Å². The summed E-state index contributed by atoms with van der Waals surface area (Å²) in [7, 11) is 1.70. The quantitative estimate of drug-likeness (QED) is 0.855. The second-order valence-corrected chi connectivity index (χ2v) is 5.63. The Balaban J connectivity index is 2.26. The summed E-state index contributed by atoms with van der Waals surface area (Å²) in [6, 6.07) is 10.2. The second-order valence-electron chi connectivity index (χ2n) is 4.72. The van der Waals surface area contributed by atoms with Gasteiger partial charge in [-0.05, 0) is 55.8 Å². The van der Waals surface area contributed by atoms with Gasteiger partial charge in [0.15, 0.2) is 0 Å². The lowest BCUT2D eigenvalue weighted by atomic mass is 10.0. The number of nitrogens with one attached hydrogen (secondary N) is 1. The minimum Gasteiger partial charge on any atom is -0.496 e. The van der Waals surface area contributed by atoms with Gasteiger partial charge in [0, 0.05) is 4.47 Å². The molecular weight excluding hydrogens is 318 g/mol. The standard InChI is InChI=1S/C16H20BrNO2/c1-4-18-14(16-7-5-11(2)20-16)10-12-9-13(17)6-8-15(12)19-3/h5-9,14,18H,4,10H2,1-3H3. The van der Waals surface area contributed by atoms with Crippen LogP contribution in [0.3, 0.4) is 0 Å². The molecule has 1 N–H and O–H groups in total. The van der Waals surface area contributed by atoms with Crippen LogP contribution in [0.5, 0.6) is 5.75 Å². The second kappa shape index (κ2) is 6.95. The van der Waals surface area contributed by atoms with Crippen molar-refractivity contribution in [1.82, 2.24) is 5.32 Å². The topological polar surface area (TPSA) is 34.4 Å². The number of hydrogen-bond donors (Lipinski definition) is 1. The van der Waals surface area contributed by atoms with Gasteiger partial charge in [-0.2, -0.15) is 0 Å². The van der Waals surface area contributed by atoms with Crippen LogP contribution in [-0.4, -0.2) is 13.7 Å². The highest BCUT2D eigenvalue weighted by molar-refractivity contribution is 9.10. The Morgan fingerprint density at radius 1 is 1.30 bits per heavy atom. The molecule has 1 aromatic carbocycles. The van der Waals surface area contributed by atoms with Gasteiger partial charge in [-0.15, -0.1) is 0 Å². The number of aryl methyl sites for hydroxylation is 1. The van der Waals surface area contributed by atoms with E-state index in [1.165, 1.54) is 0 Å². The first-order valence-electron chi connectivity index (χ1n) is 6.76. The molecular formula is C16H20BrNO2. The van der Waals surface area contributed by atoms with Crippen LogP contribution in [0.15, 0.2) is 39.2 Å². The Bertz CT molecular complexity index is 565. The van der Waals surface area contributed by atoms with Gasteiger partial charge >= 0.3 is 0 Å². The normalized spacial score (nSPS) is 12.4. The Kier molecular flexibility index (Phi) is 5.26. The lowest BCUT2D eigenvalue weighted by molar-refractivity contribution is 0.386. The van der Waals surface area contributed by atoms with Crippen molar-refractivity contribution in [3.05, 3.63) is 51.9 Å². The average molecular weight is 338 g/mol. The van der Waals surface area contributed by atoms with E-state index in [2.05, 4.69) is 34.2 Å². The predicted octanol–water partition coefficient (Wildman–Crippen LogP) is 4.25. The molecule has 0 saturated carbocycles. The molecule has 0 spiro atoms. The maximum absolute atomic E-state index is 5.76. The number of likely N-dealkylation sites (N-methyl/N-ethyl adjacent to an activating group) is 1. The zero-order chi connectivity index (χ0) is 14.5. The maximum Gasteiger partial charge on any atom is 0.122 e. The van der Waals surface area contributed by atoms with E-state index in [-0.39, 0.29) is 6.04 Å². The van der Waals surface area contributed by atoms with E-state index < -0.39 is 0 Å². The molecule has 0 aliphatic carbocycles. The first-order chi connectivity index (χ1) is 9.63. The van der Waals surface area contributed by atoms with Crippen LogP contribution < -0.4 is 10.1 Å². The van der Waals surface area contributed by atoms with Crippen LogP contribution >= 0.6 is 15.9 Å². The summed E-state index contributed by atoms with van der Waals surface area (Å²) in [4.78, 5) is 0. The summed E-state index contributed by atoms with van der Waals surface area (Å²) < 4.78 is 12.3. The first-order valence-corrected chi connectivity index (χ1v) is 7.55. The van der Waals surface area contributed by atoms with Crippen molar-refractivity contribution in [1.29, 1.82) is 0 Å². The van der Waals surface area contributed by atoms with E-state index in [1.807, 2.05) is 31.2 Å². The molecule has 2 aromatic rings. The highest BCUT2D eigenvalue weighted by atomic mass is 79.9. The van der Waals surface area contributed by atoms with Gasteiger partial charge in [-0.1, -0.05) is 22.9 Å². The summed E-state index contributed by atoms with van der Waals surface area (Å²) in [6.07, 6.45) is 0.823. The molecule has 20 heavy (non-hydrogen) atoms. The summed E-state index contributed by atoms with van der Waals surface area (Å²) >= 11 is 3.52. The van der Waals surface area contributed by atoms with E-state index in [4.69, 9.17) is 9.15 Å². The van der Waals surface area contributed by atoms with Crippen molar-refractivity contribution < 1.29 is 9.15 Å². The molecule has 108 valence electrons.